The maximum atomic E-state index is 13.9. The normalized spacial score (nSPS) is 11.6. The third-order valence-corrected chi connectivity index (χ3v) is 4.96. The molecule has 0 aliphatic heterocycles. The standard InChI is InChI=1S/C23H22ClFN2O3/c1-15(27-23(28)13-18-19(24)4-3-5-20(18)25)17-6-7-21(22(12-17)29-2)30-14-16-8-10-26-11-9-16/h3-12,15H,13-14H2,1-2H3,(H,27,28). The van der Waals surface area contributed by atoms with E-state index in [4.69, 9.17) is 21.1 Å². The smallest absolute Gasteiger partial charge is 0.225 e. The first kappa shape index (κ1) is 21.6. The zero-order valence-corrected chi connectivity index (χ0v) is 17.4. The predicted molar refractivity (Wildman–Crippen MR) is 113 cm³/mol. The van der Waals surface area contributed by atoms with Gasteiger partial charge in [-0.3, -0.25) is 9.78 Å². The van der Waals surface area contributed by atoms with Crippen LogP contribution in [0.2, 0.25) is 5.02 Å². The van der Waals surface area contributed by atoms with Crippen molar-refractivity contribution in [3.8, 4) is 11.5 Å². The molecule has 1 amide bonds. The Balaban J connectivity index is 1.65. The van der Waals surface area contributed by atoms with E-state index in [0.717, 1.165) is 11.1 Å². The number of carbonyl (C=O) groups excluding carboxylic acids is 1. The second kappa shape index (κ2) is 10.1. The molecule has 0 saturated carbocycles. The molecule has 1 N–H and O–H groups in total. The first-order valence-corrected chi connectivity index (χ1v) is 9.77. The molecule has 5 nitrogen and oxygen atoms in total. The molecular formula is C23H22ClFN2O3. The van der Waals surface area contributed by atoms with Crippen molar-refractivity contribution in [3.05, 3.63) is 88.5 Å². The van der Waals surface area contributed by atoms with Crippen LogP contribution in [0.15, 0.2) is 60.9 Å². The summed E-state index contributed by atoms with van der Waals surface area (Å²) in [5, 5.41) is 3.09. The molecule has 1 unspecified atom stereocenters. The van der Waals surface area contributed by atoms with Crippen LogP contribution in [-0.4, -0.2) is 18.0 Å². The highest BCUT2D eigenvalue weighted by Gasteiger charge is 2.16. The summed E-state index contributed by atoms with van der Waals surface area (Å²) >= 11 is 6.00. The van der Waals surface area contributed by atoms with Crippen LogP contribution in [0, 0.1) is 5.82 Å². The Hall–Kier alpha value is -3.12. The Kier molecular flexibility index (Phi) is 7.25. The number of benzene rings is 2. The minimum absolute atomic E-state index is 0.139. The van der Waals surface area contributed by atoms with Crippen LogP contribution in [0.25, 0.3) is 0 Å². The Morgan fingerprint density at radius 2 is 1.93 bits per heavy atom. The Labute approximate surface area is 179 Å². The second-order valence-electron chi connectivity index (χ2n) is 6.72. The van der Waals surface area contributed by atoms with Gasteiger partial charge in [0.15, 0.2) is 11.5 Å². The van der Waals surface area contributed by atoms with Gasteiger partial charge in [0.1, 0.15) is 12.4 Å². The van der Waals surface area contributed by atoms with E-state index in [1.165, 1.54) is 12.1 Å². The predicted octanol–water partition coefficient (Wildman–Crippen LogP) is 4.88. The fourth-order valence-electron chi connectivity index (χ4n) is 2.95. The number of amides is 1. The largest absolute Gasteiger partial charge is 0.493 e. The van der Waals surface area contributed by atoms with Gasteiger partial charge in [-0.25, -0.2) is 4.39 Å². The van der Waals surface area contributed by atoms with Gasteiger partial charge in [-0.15, -0.1) is 0 Å². The van der Waals surface area contributed by atoms with Gasteiger partial charge in [-0.1, -0.05) is 23.7 Å². The summed E-state index contributed by atoms with van der Waals surface area (Å²) in [7, 11) is 1.56. The maximum absolute atomic E-state index is 13.9. The molecule has 3 rings (SSSR count). The molecule has 0 bridgehead atoms. The zero-order valence-electron chi connectivity index (χ0n) is 16.7. The van der Waals surface area contributed by atoms with E-state index in [1.54, 1.807) is 31.6 Å². The van der Waals surface area contributed by atoms with Crippen molar-refractivity contribution >= 4 is 17.5 Å². The number of methoxy groups -OCH3 is 1. The fraction of sp³-hybridized carbons (Fsp3) is 0.217. The number of nitrogens with one attached hydrogen (secondary N) is 1. The summed E-state index contributed by atoms with van der Waals surface area (Å²) in [6.45, 7) is 2.22. The van der Waals surface area contributed by atoms with Gasteiger partial charge in [-0.05, 0) is 54.4 Å². The Morgan fingerprint density at radius 1 is 1.17 bits per heavy atom. The Bertz CT molecular complexity index is 994. The lowest BCUT2D eigenvalue weighted by molar-refractivity contribution is -0.121. The molecule has 1 aromatic heterocycles. The first-order chi connectivity index (χ1) is 14.5. The van der Waals surface area contributed by atoms with Crippen LogP contribution < -0.4 is 14.8 Å². The van der Waals surface area contributed by atoms with Crippen molar-refractivity contribution in [1.29, 1.82) is 0 Å². The number of pyridine rings is 1. The average Bonchev–Trinajstić information content (AvgIpc) is 2.75. The van der Waals surface area contributed by atoms with Crippen molar-refractivity contribution in [3.63, 3.8) is 0 Å². The SMILES string of the molecule is COc1cc(C(C)NC(=O)Cc2c(F)cccc2Cl)ccc1OCc1ccncc1. The molecular weight excluding hydrogens is 407 g/mol. The highest BCUT2D eigenvalue weighted by Crippen LogP contribution is 2.31. The summed E-state index contributed by atoms with van der Waals surface area (Å²) in [6.07, 6.45) is 3.27. The van der Waals surface area contributed by atoms with Crippen molar-refractivity contribution in [2.45, 2.75) is 26.0 Å². The van der Waals surface area contributed by atoms with E-state index < -0.39 is 5.82 Å². The molecule has 0 aliphatic carbocycles. The Morgan fingerprint density at radius 3 is 2.63 bits per heavy atom. The van der Waals surface area contributed by atoms with E-state index in [0.29, 0.717) is 18.1 Å². The third-order valence-electron chi connectivity index (χ3n) is 4.61. The number of hydrogen-bond acceptors (Lipinski definition) is 4. The van der Waals surface area contributed by atoms with Gasteiger partial charge in [0, 0.05) is 23.0 Å². The summed E-state index contributed by atoms with van der Waals surface area (Å²) < 4.78 is 25.2. The number of hydrogen-bond donors (Lipinski definition) is 1. The number of halogens is 2. The van der Waals surface area contributed by atoms with Crippen LogP contribution in [0.1, 0.15) is 29.7 Å². The van der Waals surface area contributed by atoms with E-state index in [-0.39, 0.29) is 29.0 Å². The van der Waals surface area contributed by atoms with E-state index in [2.05, 4.69) is 10.3 Å². The molecule has 0 radical (unpaired) electrons. The van der Waals surface area contributed by atoms with Crippen molar-refractivity contribution in [2.75, 3.05) is 7.11 Å². The molecule has 0 fully saturated rings. The molecule has 0 spiro atoms. The van der Waals surface area contributed by atoms with Crippen LogP contribution in [0.4, 0.5) is 4.39 Å². The molecule has 30 heavy (non-hydrogen) atoms. The quantitative estimate of drug-likeness (QED) is 0.555. The van der Waals surface area contributed by atoms with Gasteiger partial charge in [0.25, 0.3) is 0 Å². The van der Waals surface area contributed by atoms with Gasteiger partial charge in [0.2, 0.25) is 5.91 Å². The topological polar surface area (TPSA) is 60.5 Å². The fourth-order valence-corrected chi connectivity index (χ4v) is 3.18. The van der Waals surface area contributed by atoms with Crippen molar-refractivity contribution in [2.24, 2.45) is 0 Å². The second-order valence-corrected chi connectivity index (χ2v) is 7.13. The molecule has 1 heterocycles. The van der Waals surface area contributed by atoms with Gasteiger partial charge in [-0.2, -0.15) is 0 Å². The number of aromatic nitrogens is 1. The lowest BCUT2D eigenvalue weighted by Gasteiger charge is -2.17. The van der Waals surface area contributed by atoms with Crippen LogP contribution in [0.5, 0.6) is 11.5 Å². The molecule has 0 aliphatic rings. The first-order valence-electron chi connectivity index (χ1n) is 9.40. The zero-order chi connectivity index (χ0) is 21.5. The summed E-state index contributed by atoms with van der Waals surface area (Å²) in [6, 6.07) is 13.2. The monoisotopic (exact) mass is 428 g/mol. The highest BCUT2D eigenvalue weighted by atomic mass is 35.5. The molecule has 156 valence electrons. The van der Waals surface area contributed by atoms with Gasteiger partial charge in [0.05, 0.1) is 19.6 Å². The van der Waals surface area contributed by atoms with Crippen LogP contribution in [-0.2, 0) is 17.8 Å². The van der Waals surface area contributed by atoms with Crippen molar-refractivity contribution < 1.29 is 18.7 Å². The lowest BCUT2D eigenvalue weighted by atomic mass is 10.1. The molecule has 2 aromatic carbocycles. The number of carbonyl (C=O) groups is 1. The van der Waals surface area contributed by atoms with E-state index in [9.17, 15) is 9.18 Å². The molecule has 1 atom stereocenters. The summed E-state index contributed by atoms with van der Waals surface area (Å²) in [5.41, 5.74) is 2.00. The van der Waals surface area contributed by atoms with E-state index >= 15 is 0 Å². The minimum atomic E-state index is -0.498. The van der Waals surface area contributed by atoms with E-state index in [1.807, 2.05) is 31.2 Å². The minimum Gasteiger partial charge on any atom is -0.493 e. The van der Waals surface area contributed by atoms with Crippen molar-refractivity contribution in [1.82, 2.24) is 10.3 Å². The molecule has 7 heteroatoms. The molecule has 0 saturated heterocycles. The summed E-state index contributed by atoms with van der Waals surface area (Å²) in [5.74, 6) is 0.323. The highest BCUT2D eigenvalue weighted by molar-refractivity contribution is 6.31. The molecule has 3 aromatic rings. The number of nitrogens with zero attached hydrogens (tertiary/aromatic N) is 1. The lowest BCUT2D eigenvalue weighted by Crippen LogP contribution is -2.28. The van der Waals surface area contributed by atoms with Gasteiger partial charge >= 0.3 is 0 Å². The average molecular weight is 429 g/mol. The summed E-state index contributed by atoms with van der Waals surface area (Å²) in [4.78, 5) is 16.4. The van der Waals surface area contributed by atoms with Crippen LogP contribution >= 0.6 is 11.6 Å². The maximum Gasteiger partial charge on any atom is 0.225 e. The van der Waals surface area contributed by atoms with Gasteiger partial charge < -0.3 is 14.8 Å². The third kappa shape index (κ3) is 5.48. The van der Waals surface area contributed by atoms with Crippen LogP contribution in [0.3, 0.4) is 0 Å². The number of rotatable bonds is 8. The number of ether oxygens (including phenoxy) is 2.